The lowest BCUT2D eigenvalue weighted by atomic mass is 10.3. The van der Waals surface area contributed by atoms with Gasteiger partial charge in [0.2, 0.25) is 0 Å². The molecule has 0 radical (unpaired) electrons. The van der Waals surface area contributed by atoms with Crippen molar-refractivity contribution < 1.29 is 0 Å². The van der Waals surface area contributed by atoms with Crippen molar-refractivity contribution in [2.45, 2.75) is 13.3 Å². The van der Waals surface area contributed by atoms with Gasteiger partial charge in [-0.1, -0.05) is 6.92 Å². The Morgan fingerprint density at radius 3 is 3.18 bits per heavy atom. The molecule has 0 atom stereocenters. The number of rotatable bonds is 1. The minimum absolute atomic E-state index is 0.934. The summed E-state index contributed by atoms with van der Waals surface area (Å²) in [6, 6.07) is 1.99. The van der Waals surface area contributed by atoms with Crippen LogP contribution in [0.3, 0.4) is 0 Å². The Hall–Kier alpha value is -1.45. The fourth-order valence-corrected chi connectivity index (χ4v) is 0.979. The van der Waals surface area contributed by atoms with Crippen molar-refractivity contribution in [2.75, 3.05) is 0 Å². The molecule has 0 unspecified atom stereocenters. The predicted octanol–water partition coefficient (Wildman–Crippen LogP) is 0.687. The van der Waals surface area contributed by atoms with Gasteiger partial charge in [-0.05, 0) is 12.5 Å². The lowest BCUT2D eigenvalue weighted by molar-refractivity contribution is 0.760. The SMILES string of the molecule is CCc1cc2cncnn2n1. The molecule has 2 rings (SSSR count). The van der Waals surface area contributed by atoms with Gasteiger partial charge in [-0.3, -0.25) is 0 Å². The van der Waals surface area contributed by atoms with E-state index in [1.54, 1.807) is 10.8 Å². The number of fused-ring (bicyclic) bond motifs is 1. The van der Waals surface area contributed by atoms with Gasteiger partial charge in [-0.2, -0.15) is 5.10 Å². The van der Waals surface area contributed by atoms with Crippen LogP contribution in [-0.2, 0) is 6.42 Å². The molecule has 2 aromatic rings. The van der Waals surface area contributed by atoms with Gasteiger partial charge in [0.15, 0.2) is 0 Å². The lowest BCUT2D eigenvalue weighted by Crippen LogP contribution is -1.93. The highest BCUT2D eigenvalue weighted by molar-refractivity contribution is 5.43. The summed E-state index contributed by atoms with van der Waals surface area (Å²) >= 11 is 0. The predicted molar refractivity (Wildman–Crippen MR) is 40.2 cm³/mol. The Balaban J connectivity index is 2.69. The van der Waals surface area contributed by atoms with Crippen molar-refractivity contribution in [1.82, 2.24) is 19.8 Å². The van der Waals surface area contributed by atoms with E-state index >= 15 is 0 Å². The van der Waals surface area contributed by atoms with Crippen LogP contribution in [0, 0.1) is 0 Å². The second-order valence-corrected chi connectivity index (χ2v) is 2.31. The standard InChI is InChI=1S/C7H8N4/c1-2-6-3-7-4-8-5-9-11(7)10-6/h3-5H,2H2,1H3. The Morgan fingerprint density at radius 1 is 1.55 bits per heavy atom. The number of hydrogen-bond acceptors (Lipinski definition) is 3. The van der Waals surface area contributed by atoms with Gasteiger partial charge >= 0.3 is 0 Å². The topological polar surface area (TPSA) is 43.1 Å². The van der Waals surface area contributed by atoms with Crippen LogP contribution in [0.5, 0.6) is 0 Å². The van der Waals surface area contributed by atoms with E-state index in [2.05, 4.69) is 22.1 Å². The summed E-state index contributed by atoms with van der Waals surface area (Å²) in [4.78, 5) is 3.89. The first-order chi connectivity index (χ1) is 5.40. The molecule has 2 heterocycles. The third-order valence-corrected chi connectivity index (χ3v) is 1.57. The molecule has 56 valence electrons. The van der Waals surface area contributed by atoms with E-state index in [1.165, 1.54) is 6.33 Å². The van der Waals surface area contributed by atoms with Gasteiger partial charge in [0.25, 0.3) is 0 Å². The largest absolute Gasteiger partial charge is 0.241 e. The number of nitrogens with zero attached hydrogens (tertiary/aromatic N) is 4. The zero-order valence-electron chi connectivity index (χ0n) is 6.23. The average Bonchev–Trinajstić information content (AvgIpc) is 2.46. The van der Waals surface area contributed by atoms with E-state index in [0.29, 0.717) is 0 Å². The third-order valence-electron chi connectivity index (χ3n) is 1.57. The van der Waals surface area contributed by atoms with Crippen LogP contribution in [0.25, 0.3) is 5.52 Å². The minimum Gasteiger partial charge on any atom is -0.241 e. The molecule has 0 N–H and O–H groups in total. The molecular formula is C7H8N4. The van der Waals surface area contributed by atoms with E-state index < -0.39 is 0 Å². The number of aryl methyl sites for hydroxylation is 1. The first kappa shape index (κ1) is 6.27. The molecule has 0 saturated heterocycles. The maximum absolute atomic E-state index is 4.20. The molecule has 0 saturated carbocycles. The summed E-state index contributed by atoms with van der Waals surface area (Å²) in [6.07, 6.45) is 4.17. The maximum Gasteiger partial charge on any atom is 0.138 e. The molecule has 0 bridgehead atoms. The van der Waals surface area contributed by atoms with Crippen molar-refractivity contribution >= 4 is 5.52 Å². The van der Waals surface area contributed by atoms with Crippen LogP contribution in [0.2, 0.25) is 0 Å². The average molecular weight is 148 g/mol. The molecule has 0 fully saturated rings. The van der Waals surface area contributed by atoms with Crippen LogP contribution in [-0.4, -0.2) is 19.8 Å². The Kier molecular flexibility index (Phi) is 1.31. The van der Waals surface area contributed by atoms with E-state index in [0.717, 1.165) is 17.6 Å². The van der Waals surface area contributed by atoms with Crippen LogP contribution in [0.15, 0.2) is 18.6 Å². The Bertz CT molecular complexity index is 332. The highest BCUT2D eigenvalue weighted by atomic mass is 15.4. The summed E-state index contributed by atoms with van der Waals surface area (Å²) in [6.45, 7) is 2.06. The Labute approximate surface area is 63.9 Å². The number of hydrogen-bond donors (Lipinski definition) is 0. The van der Waals surface area contributed by atoms with Gasteiger partial charge in [-0.25, -0.2) is 4.98 Å². The molecule has 0 aliphatic carbocycles. The molecule has 0 spiro atoms. The third kappa shape index (κ3) is 0.960. The second kappa shape index (κ2) is 2.30. The van der Waals surface area contributed by atoms with Gasteiger partial charge < -0.3 is 0 Å². The van der Waals surface area contributed by atoms with Gasteiger partial charge in [-0.15, -0.1) is 9.73 Å². The van der Waals surface area contributed by atoms with Crippen LogP contribution >= 0.6 is 0 Å². The molecule has 11 heavy (non-hydrogen) atoms. The summed E-state index contributed by atoms with van der Waals surface area (Å²) in [5.41, 5.74) is 2.00. The minimum atomic E-state index is 0.934. The summed E-state index contributed by atoms with van der Waals surface area (Å²) in [7, 11) is 0. The first-order valence-electron chi connectivity index (χ1n) is 3.55. The molecule has 0 aliphatic rings. The summed E-state index contributed by atoms with van der Waals surface area (Å²) in [5, 5.41) is 8.14. The van der Waals surface area contributed by atoms with E-state index in [4.69, 9.17) is 0 Å². The van der Waals surface area contributed by atoms with Crippen LogP contribution in [0.1, 0.15) is 12.6 Å². The fraction of sp³-hybridized carbons (Fsp3) is 0.286. The quantitative estimate of drug-likeness (QED) is 0.597. The normalized spacial score (nSPS) is 10.6. The smallest absolute Gasteiger partial charge is 0.138 e. The second-order valence-electron chi connectivity index (χ2n) is 2.31. The van der Waals surface area contributed by atoms with E-state index in [1.807, 2.05) is 6.07 Å². The van der Waals surface area contributed by atoms with Gasteiger partial charge in [0, 0.05) is 0 Å². The maximum atomic E-state index is 4.20. The monoisotopic (exact) mass is 148 g/mol. The van der Waals surface area contributed by atoms with Crippen molar-refractivity contribution in [2.24, 2.45) is 0 Å². The highest BCUT2D eigenvalue weighted by Crippen LogP contribution is 2.02. The molecule has 4 heteroatoms. The first-order valence-corrected chi connectivity index (χ1v) is 3.55. The van der Waals surface area contributed by atoms with Crippen molar-refractivity contribution in [3.8, 4) is 0 Å². The Morgan fingerprint density at radius 2 is 2.45 bits per heavy atom. The lowest BCUT2D eigenvalue weighted by Gasteiger charge is -1.85. The summed E-state index contributed by atoms with van der Waals surface area (Å²) in [5.74, 6) is 0. The molecule has 2 aromatic heterocycles. The van der Waals surface area contributed by atoms with Gasteiger partial charge in [0.05, 0.1) is 11.9 Å². The zero-order valence-corrected chi connectivity index (χ0v) is 6.23. The molecule has 0 amide bonds. The van der Waals surface area contributed by atoms with Crippen molar-refractivity contribution in [1.29, 1.82) is 0 Å². The molecule has 0 aliphatic heterocycles. The fourth-order valence-electron chi connectivity index (χ4n) is 0.979. The number of aromatic nitrogens is 4. The van der Waals surface area contributed by atoms with Crippen molar-refractivity contribution in [3.05, 3.63) is 24.3 Å². The zero-order chi connectivity index (χ0) is 7.68. The highest BCUT2D eigenvalue weighted by Gasteiger charge is 1.97. The van der Waals surface area contributed by atoms with Crippen LogP contribution < -0.4 is 0 Å². The molecular weight excluding hydrogens is 140 g/mol. The van der Waals surface area contributed by atoms with Crippen LogP contribution in [0.4, 0.5) is 0 Å². The van der Waals surface area contributed by atoms with E-state index in [-0.39, 0.29) is 0 Å². The summed E-state index contributed by atoms with van der Waals surface area (Å²) < 4.78 is 1.59. The van der Waals surface area contributed by atoms with Gasteiger partial charge in [0.1, 0.15) is 11.8 Å². The van der Waals surface area contributed by atoms with E-state index in [9.17, 15) is 0 Å². The molecule has 0 aromatic carbocycles. The van der Waals surface area contributed by atoms with Crippen molar-refractivity contribution in [3.63, 3.8) is 0 Å². The molecule has 4 nitrogen and oxygen atoms in total.